The van der Waals surface area contributed by atoms with Crippen molar-refractivity contribution >= 4 is 40.4 Å². The van der Waals surface area contributed by atoms with Gasteiger partial charge in [0, 0.05) is 25.2 Å². The van der Waals surface area contributed by atoms with Crippen LogP contribution in [0.1, 0.15) is 52.0 Å². The van der Waals surface area contributed by atoms with Gasteiger partial charge in [0.05, 0.1) is 42.5 Å². The van der Waals surface area contributed by atoms with Gasteiger partial charge in [0.25, 0.3) is 17.0 Å². The summed E-state index contributed by atoms with van der Waals surface area (Å²) >= 11 is 0. The van der Waals surface area contributed by atoms with Crippen LogP contribution in [0, 0.1) is 5.92 Å². The number of allylic oxidation sites excluding steroid dienone is 1. The molecule has 2 atom stereocenters. The third-order valence-electron chi connectivity index (χ3n) is 8.51. The van der Waals surface area contributed by atoms with Crippen molar-refractivity contribution in [2.24, 2.45) is 18.0 Å². The van der Waals surface area contributed by atoms with E-state index < -0.39 is 29.2 Å². The lowest BCUT2D eigenvalue weighted by Crippen LogP contribution is -2.60. The van der Waals surface area contributed by atoms with Crippen molar-refractivity contribution in [2.75, 3.05) is 25.0 Å². The maximum Gasteiger partial charge on any atom is 0.290 e. The molecule has 0 radical (unpaired) electrons. The summed E-state index contributed by atoms with van der Waals surface area (Å²) in [7, 11) is 1.49. The first-order valence-corrected chi connectivity index (χ1v) is 15.9. The zero-order valence-electron chi connectivity index (χ0n) is 28.1. The molecule has 0 aliphatic carbocycles. The van der Waals surface area contributed by atoms with Crippen molar-refractivity contribution in [3.8, 4) is 5.75 Å². The molecule has 4 aromatic rings. The number of anilines is 2. The summed E-state index contributed by atoms with van der Waals surface area (Å²) in [5.74, 6) is -2.81. The number of carbonyl (C=O) groups excluding carboxylic acids is 1. The predicted molar refractivity (Wildman–Crippen MR) is 183 cm³/mol. The number of aryl methyl sites for hydroxylation is 1. The summed E-state index contributed by atoms with van der Waals surface area (Å²) in [6, 6.07) is 10.4. The number of benzene rings is 1. The smallest absolute Gasteiger partial charge is 0.290 e. The Kier molecular flexibility index (Phi) is 8.55. The molecule has 3 aromatic heterocycles. The second-order valence-corrected chi connectivity index (χ2v) is 14.2. The van der Waals surface area contributed by atoms with Gasteiger partial charge in [0.2, 0.25) is 0 Å². The Morgan fingerprint density at radius 1 is 1.04 bits per heavy atom. The van der Waals surface area contributed by atoms with E-state index in [9.17, 15) is 23.2 Å². The van der Waals surface area contributed by atoms with Crippen molar-refractivity contribution in [2.45, 2.75) is 57.7 Å². The highest BCUT2D eigenvalue weighted by atomic mass is 19.3. The number of dihydropyridines is 1. The van der Waals surface area contributed by atoms with Crippen LogP contribution in [-0.4, -0.2) is 73.1 Å². The number of carbonyl (C=O) groups is 1. The Labute approximate surface area is 281 Å². The van der Waals surface area contributed by atoms with E-state index in [0.717, 1.165) is 10.2 Å². The maximum absolute atomic E-state index is 13.6. The number of aldehydes is 1. The fraction of sp³-hybridized carbons (Fsp3) is 0.400. The fourth-order valence-corrected chi connectivity index (χ4v) is 6.11. The van der Waals surface area contributed by atoms with E-state index >= 15 is 0 Å². The molecule has 0 saturated carbocycles. The largest absolute Gasteiger partial charge is 0.485 e. The second-order valence-electron chi connectivity index (χ2n) is 14.2. The first-order chi connectivity index (χ1) is 23.0. The molecule has 2 aliphatic heterocycles. The number of rotatable bonds is 9. The first kappa shape index (κ1) is 33.8. The van der Waals surface area contributed by atoms with Crippen molar-refractivity contribution in [3.05, 3.63) is 86.8 Å². The van der Waals surface area contributed by atoms with Crippen LogP contribution in [0.15, 0.2) is 69.4 Å². The average Bonchev–Trinajstić information content (AvgIpc) is 3.02. The highest BCUT2D eigenvalue weighted by Gasteiger charge is 2.45. The van der Waals surface area contributed by atoms with Crippen LogP contribution in [-0.2, 0) is 17.3 Å². The Morgan fingerprint density at radius 3 is 2.45 bits per heavy atom. The molecule has 14 heteroatoms. The van der Waals surface area contributed by atoms with Crippen LogP contribution in [0.5, 0.6) is 5.75 Å². The van der Waals surface area contributed by atoms with Crippen molar-refractivity contribution in [1.29, 1.82) is 0 Å². The molecule has 2 unspecified atom stereocenters. The molecule has 49 heavy (non-hydrogen) atoms. The number of aromatic nitrogens is 5. The van der Waals surface area contributed by atoms with Gasteiger partial charge in [-0.2, -0.15) is 10.2 Å². The summed E-state index contributed by atoms with van der Waals surface area (Å²) in [5, 5.41) is 13.0. The maximum atomic E-state index is 13.6. The monoisotopic (exact) mass is 672 g/mol. The lowest BCUT2D eigenvalue weighted by atomic mass is 9.86. The Hall–Kier alpha value is -5.11. The minimum absolute atomic E-state index is 0.111. The normalized spacial score (nSPS) is 19.3. The molecular weight excluding hydrogens is 634 g/mol. The van der Waals surface area contributed by atoms with Gasteiger partial charge in [0.15, 0.2) is 6.17 Å². The quantitative estimate of drug-likeness (QED) is 0.255. The van der Waals surface area contributed by atoms with Crippen LogP contribution in [0.2, 0.25) is 0 Å². The SMILES string of the molecule is Cn1nc(C2=CC=NC(n3ncc4cc(C(C)(C)C)ccc4c3=O)C2C=O)cc(Nc2ccc(OC(C)(C)CN3CC(F)(F)C3)cn2)c1=O. The number of halogens is 2. The lowest BCUT2D eigenvalue weighted by molar-refractivity contribution is -0.144. The molecule has 1 N–H and O–H groups in total. The molecule has 0 amide bonds. The van der Waals surface area contributed by atoms with E-state index in [0.29, 0.717) is 46.4 Å². The number of ether oxygens (including phenoxy) is 1. The highest BCUT2D eigenvalue weighted by Crippen LogP contribution is 2.34. The number of aliphatic imine (C=N–C) groups is 1. The summed E-state index contributed by atoms with van der Waals surface area (Å²) in [6.45, 7) is 9.64. The highest BCUT2D eigenvalue weighted by molar-refractivity contribution is 5.92. The first-order valence-electron chi connectivity index (χ1n) is 15.9. The molecule has 1 fully saturated rings. The van der Waals surface area contributed by atoms with E-state index in [1.807, 2.05) is 26.0 Å². The van der Waals surface area contributed by atoms with E-state index in [2.05, 4.69) is 46.3 Å². The molecule has 5 heterocycles. The van der Waals surface area contributed by atoms with E-state index in [-0.39, 0.29) is 29.8 Å². The molecule has 0 bridgehead atoms. The third kappa shape index (κ3) is 7.05. The summed E-state index contributed by atoms with van der Waals surface area (Å²) in [5.41, 5.74) is 0.306. The van der Waals surface area contributed by atoms with Crippen LogP contribution < -0.4 is 21.2 Å². The number of alkyl halides is 2. The number of hydrogen-bond acceptors (Lipinski definition) is 10. The van der Waals surface area contributed by atoms with Gasteiger partial charge in [-0.15, -0.1) is 0 Å². The molecule has 0 spiro atoms. The van der Waals surface area contributed by atoms with Gasteiger partial charge < -0.3 is 14.8 Å². The Balaban J connectivity index is 1.22. The number of pyridine rings is 1. The van der Waals surface area contributed by atoms with Crippen LogP contribution >= 0.6 is 0 Å². The number of likely N-dealkylation sites (tertiary alicyclic amines) is 1. The standard InChI is InChI=1S/C35H38F2N8O4/c1-33(2,3)22-7-9-24-21(13-22)15-40-45(31(24)47)30-26(17-46)25(11-12-38-30)27-14-28(32(48)43(6)42-27)41-29-10-8-23(16-39-29)49-34(4,5)18-44-19-35(36,37)20-44/h7-17,26,30H,18-20H2,1-6H3,(H,39,41). The van der Waals surface area contributed by atoms with Crippen LogP contribution in [0.4, 0.5) is 20.3 Å². The van der Waals surface area contributed by atoms with Gasteiger partial charge >= 0.3 is 0 Å². The zero-order chi connectivity index (χ0) is 35.3. The van der Waals surface area contributed by atoms with Crippen molar-refractivity contribution in [1.82, 2.24) is 29.4 Å². The number of hydrogen-bond donors (Lipinski definition) is 1. The minimum Gasteiger partial charge on any atom is -0.485 e. The molecule has 1 saturated heterocycles. The topological polar surface area (TPSA) is 137 Å². The Bertz CT molecular complexity index is 2090. The van der Waals surface area contributed by atoms with Gasteiger partial charge in [-0.05, 0) is 66.8 Å². The molecule has 256 valence electrons. The molecule has 12 nitrogen and oxygen atoms in total. The summed E-state index contributed by atoms with van der Waals surface area (Å²) in [4.78, 5) is 49.7. The molecule has 1 aromatic carbocycles. The van der Waals surface area contributed by atoms with E-state index in [1.165, 1.54) is 30.2 Å². The summed E-state index contributed by atoms with van der Waals surface area (Å²) in [6.07, 6.45) is 5.93. The predicted octanol–water partition coefficient (Wildman–Crippen LogP) is 4.52. The molecule has 2 aliphatic rings. The lowest BCUT2D eigenvalue weighted by Gasteiger charge is -2.42. The number of nitrogens with one attached hydrogen (secondary N) is 1. The van der Waals surface area contributed by atoms with Gasteiger partial charge in [0.1, 0.15) is 29.1 Å². The number of fused-ring (bicyclic) bond motifs is 1. The van der Waals surface area contributed by atoms with E-state index in [4.69, 9.17) is 4.74 Å². The molecular formula is C35H38F2N8O4. The van der Waals surface area contributed by atoms with Crippen LogP contribution in [0.25, 0.3) is 16.3 Å². The fourth-order valence-electron chi connectivity index (χ4n) is 6.11. The van der Waals surface area contributed by atoms with Crippen molar-refractivity contribution in [3.63, 3.8) is 0 Å². The third-order valence-corrected chi connectivity index (χ3v) is 8.51. The van der Waals surface area contributed by atoms with Crippen molar-refractivity contribution < 1.29 is 18.3 Å². The summed E-state index contributed by atoms with van der Waals surface area (Å²) < 4.78 is 34.9. The van der Waals surface area contributed by atoms with Gasteiger partial charge in [-0.1, -0.05) is 26.8 Å². The van der Waals surface area contributed by atoms with E-state index in [1.54, 1.807) is 35.4 Å². The van der Waals surface area contributed by atoms with Gasteiger partial charge in [-0.3, -0.25) is 19.5 Å². The average molecular weight is 673 g/mol. The molecule has 6 rings (SSSR count). The van der Waals surface area contributed by atoms with Gasteiger partial charge in [-0.25, -0.2) is 23.1 Å². The zero-order valence-corrected chi connectivity index (χ0v) is 28.1. The Morgan fingerprint density at radius 2 is 1.80 bits per heavy atom. The number of nitrogens with zero attached hydrogens (tertiary/aromatic N) is 7. The minimum atomic E-state index is -2.66. The van der Waals surface area contributed by atoms with Crippen LogP contribution in [0.3, 0.4) is 0 Å². The second kappa shape index (κ2) is 12.4.